The van der Waals surface area contributed by atoms with Crippen molar-refractivity contribution in [3.05, 3.63) is 0 Å². The van der Waals surface area contributed by atoms with Crippen LogP contribution in [0.3, 0.4) is 0 Å². The van der Waals surface area contributed by atoms with Crippen LogP contribution in [0.5, 0.6) is 0 Å². The first-order valence-electron chi connectivity index (χ1n) is 5.87. The van der Waals surface area contributed by atoms with Crippen molar-refractivity contribution in [2.75, 3.05) is 26.7 Å². The molecule has 0 radical (unpaired) electrons. The predicted molar refractivity (Wildman–Crippen MR) is 64.0 cm³/mol. The number of nitrogens with zero attached hydrogens (tertiary/aromatic N) is 2. The smallest absolute Gasteiger partial charge is 0.193 e. The molecule has 0 amide bonds. The Morgan fingerprint density at radius 1 is 1.33 bits per heavy atom. The van der Waals surface area contributed by atoms with E-state index in [-0.39, 0.29) is 0 Å². The third-order valence-corrected chi connectivity index (χ3v) is 4.84. The van der Waals surface area contributed by atoms with Crippen LogP contribution in [0, 0.1) is 16.7 Å². The minimum atomic E-state index is 0.470. The monoisotopic (exact) mass is 209 g/mol. The molecule has 0 unspecified atom stereocenters. The van der Waals surface area contributed by atoms with Crippen LogP contribution in [0.4, 0.5) is 0 Å². The van der Waals surface area contributed by atoms with E-state index in [2.05, 4.69) is 50.0 Å². The molecule has 1 saturated carbocycles. The van der Waals surface area contributed by atoms with E-state index in [0.29, 0.717) is 10.8 Å². The molecular formula is C12H23N3. The number of rotatable bonds is 2. The van der Waals surface area contributed by atoms with Crippen molar-refractivity contribution in [2.24, 2.45) is 21.7 Å². The van der Waals surface area contributed by atoms with E-state index < -0.39 is 0 Å². The van der Waals surface area contributed by atoms with Crippen molar-refractivity contribution in [1.82, 2.24) is 10.2 Å². The molecule has 1 aliphatic heterocycles. The molecule has 0 spiro atoms. The normalized spacial score (nSPS) is 27.8. The molecule has 0 aromatic carbocycles. The van der Waals surface area contributed by atoms with Crippen molar-refractivity contribution < 1.29 is 0 Å². The Morgan fingerprint density at radius 2 is 1.93 bits per heavy atom. The molecule has 15 heavy (non-hydrogen) atoms. The van der Waals surface area contributed by atoms with Crippen LogP contribution in [0.2, 0.25) is 0 Å². The van der Waals surface area contributed by atoms with E-state index in [4.69, 9.17) is 0 Å². The Morgan fingerprint density at radius 3 is 2.33 bits per heavy atom. The fraction of sp³-hybridized carbons (Fsp3) is 0.917. The fourth-order valence-electron chi connectivity index (χ4n) is 2.76. The van der Waals surface area contributed by atoms with E-state index in [9.17, 15) is 0 Å². The van der Waals surface area contributed by atoms with Gasteiger partial charge in [-0.15, -0.1) is 0 Å². The van der Waals surface area contributed by atoms with Gasteiger partial charge in [0, 0.05) is 20.1 Å². The van der Waals surface area contributed by atoms with Gasteiger partial charge in [0.25, 0.3) is 0 Å². The van der Waals surface area contributed by atoms with Crippen molar-refractivity contribution >= 4 is 5.96 Å². The summed E-state index contributed by atoms with van der Waals surface area (Å²) >= 11 is 0. The topological polar surface area (TPSA) is 27.6 Å². The molecule has 3 nitrogen and oxygen atoms in total. The summed E-state index contributed by atoms with van der Waals surface area (Å²) in [5.41, 5.74) is 0.940. The third kappa shape index (κ3) is 1.52. The van der Waals surface area contributed by atoms with Crippen LogP contribution in [0.25, 0.3) is 0 Å². The lowest BCUT2D eigenvalue weighted by Gasteiger charge is -2.15. The Bertz CT molecular complexity index is 277. The minimum Gasteiger partial charge on any atom is -0.356 e. The van der Waals surface area contributed by atoms with Gasteiger partial charge in [0.15, 0.2) is 5.96 Å². The number of guanidine groups is 1. The molecule has 0 aromatic heterocycles. The highest BCUT2D eigenvalue weighted by molar-refractivity contribution is 5.81. The lowest BCUT2D eigenvalue weighted by molar-refractivity contribution is 0.457. The Hall–Kier alpha value is -0.730. The van der Waals surface area contributed by atoms with Crippen LogP contribution in [0.15, 0.2) is 4.99 Å². The maximum atomic E-state index is 4.44. The lowest BCUT2D eigenvalue weighted by Crippen LogP contribution is -2.37. The molecule has 1 heterocycles. The van der Waals surface area contributed by atoms with E-state index in [0.717, 1.165) is 31.5 Å². The molecule has 0 aromatic rings. The second kappa shape index (κ2) is 3.13. The number of hydrogen-bond acceptors (Lipinski definition) is 3. The SMILES string of the molecule is CN1CCN=C1NCC1C(C)(C)C1(C)C. The van der Waals surface area contributed by atoms with Gasteiger partial charge in [-0.05, 0) is 16.7 Å². The summed E-state index contributed by atoms with van der Waals surface area (Å²) in [6, 6.07) is 0. The molecule has 86 valence electrons. The van der Waals surface area contributed by atoms with Gasteiger partial charge in [0.1, 0.15) is 0 Å². The maximum absolute atomic E-state index is 4.44. The zero-order chi connectivity index (χ0) is 11.3. The van der Waals surface area contributed by atoms with Crippen LogP contribution >= 0.6 is 0 Å². The fourth-order valence-corrected chi connectivity index (χ4v) is 2.76. The zero-order valence-corrected chi connectivity index (χ0v) is 10.6. The largest absolute Gasteiger partial charge is 0.356 e. The van der Waals surface area contributed by atoms with Gasteiger partial charge in [-0.2, -0.15) is 0 Å². The lowest BCUT2D eigenvalue weighted by atomic mass is 10.0. The first-order chi connectivity index (χ1) is 6.87. The Labute approximate surface area is 92.9 Å². The van der Waals surface area contributed by atoms with Crippen LogP contribution in [-0.2, 0) is 0 Å². The quantitative estimate of drug-likeness (QED) is 0.747. The van der Waals surface area contributed by atoms with Crippen LogP contribution < -0.4 is 5.32 Å². The molecule has 2 rings (SSSR count). The summed E-state index contributed by atoms with van der Waals surface area (Å²) in [4.78, 5) is 6.64. The molecule has 1 aliphatic carbocycles. The second-order valence-corrected chi connectivity index (χ2v) is 6.00. The van der Waals surface area contributed by atoms with Crippen molar-refractivity contribution in [1.29, 1.82) is 0 Å². The first-order valence-corrected chi connectivity index (χ1v) is 5.87. The zero-order valence-electron chi connectivity index (χ0n) is 10.6. The predicted octanol–water partition coefficient (Wildman–Crippen LogP) is 1.56. The number of aliphatic imine (C=N–C) groups is 1. The van der Waals surface area contributed by atoms with E-state index in [1.54, 1.807) is 0 Å². The van der Waals surface area contributed by atoms with Gasteiger partial charge in [-0.25, -0.2) is 0 Å². The van der Waals surface area contributed by atoms with Crippen LogP contribution in [0.1, 0.15) is 27.7 Å². The molecule has 0 atom stereocenters. The summed E-state index contributed by atoms with van der Waals surface area (Å²) in [7, 11) is 2.10. The van der Waals surface area contributed by atoms with Crippen molar-refractivity contribution in [3.63, 3.8) is 0 Å². The number of hydrogen-bond donors (Lipinski definition) is 1. The van der Waals surface area contributed by atoms with Gasteiger partial charge in [0.05, 0.1) is 6.54 Å². The number of nitrogens with one attached hydrogen (secondary N) is 1. The highest BCUT2D eigenvalue weighted by atomic mass is 15.3. The summed E-state index contributed by atoms with van der Waals surface area (Å²) in [5.74, 6) is 1.84. The summed E-state index contributed by atoms with van der Waals surface area (Å²) < 4.78 is 0. The van der Waals surface area contributed by atoms with Crippen molar-refractivity contribution in [2.45, 2.75) is 27.7 Å². The molecule has 3 heteroatoms. The maximum Gasteiger partial charge on any atom is 0.193 e. The molecule has 0 bridgehead atoms. The van der Waals surface area contributed by atoms with Crippen LogP contribution in [-0.4, -0.2) is 37.5 Å². The minimum absolute atomic E-state index is 0.470. The number of likely N-dealkylation sites (N-methyl/N-ethyl adjacent to an activating group) is 1. The Balaban J connectivity index is 1.86. The molecule has 1 N–H and O–H groups in total. The van der Waals surface area contributed by atoms with Gasteiger partial charge in [-0.1, -0.05) is 27.7 Å². The molecule has 2 aliphatic rings. The Kier molecular flexibility index (Phi) is 2.25. The van der Waals surface area contributed by atoms with E-state index in [1.807, 2.05) is 0 Å². The average Bonchev–Trinajstić information content (AvgIpc) is 2.49. The highest BCUT2D eigenvalue weighted by Crippen LogP contribution is 2.67. The van der Waals surface area contributed by atoms with E-state index in [1.165, 1.54) is 0 Å². The molecule has 0 saturated heterocycles. The summed E-state index contributed by atoms with van der Waals surface area (Å²) in [5, 5.41) is 3.48. The molecule has 1 fully saturated rings. The van der Waals surface area contributed by atoms with E-state index >= 15 is 0 Å². The van der Waals surface area contributed by atoms with Gasteiger partial charge >= 0.3 is 0 Å². The third-order valence-electron chi connectivity index (χ3n) is 4.84. The van der Waals surface area contributed by atoms with Gasteiger partial charge < -0.3 is 10.2 Å². The van der Waals surface area contributed by atoms with Gasteiger partial charge in [-0.3, -0.25) is 4.99 Å². The summed E-state index contributed by atoms with van der Waals surface area (Å²) in [6.07, 6.45) is 0. The molecular weight excluding hydrogens is 186 g/mol. The first kappa shape index (κ1) is 10.8. The van der Waals surface area contributed by atoms with Crippen molar-refractivity contribution in [3.8, 4) is 0 Å². The summed E-state index contributed by atoms with van der Waals surface area (Å²) in [6.45, 7) is 12.5. The second-order valence-electron chi connectivity index (χ2n) is 6.00. The van der Waals surface area contributed by atoms with Gasteiger partial charge in [0.2, 0.25) is 0 Å². The highest BCUT2D eigenvalue weighted by Gasteiger charge is 2.64. The average molecular weight is 209 g/mol. The standard InChI is InChI=1S/C12H23N3/c1-11(2)9(12(11,3)4)8-14-10-13-6-7-15(10)5/h9H,6-8H2,1-5H3,(H,13,14).